The number of aromatic nitrogens is 2. The van der Waals surface area contributed by atoms with E-state index in [-0.39, 0.29) is 0 Å². The Hall–Kier alpha value is -2.17. The summed E-state index contributed by atoms with van der Waals surface area (Å²) in [5.74, 6) is -0.588. The van der Waals surface area contributed by atoms with Crippen molar-refractivity contribution in [2.45, 2.75) is 26.4 Å². The maximum absolute atomic E-state index is 13.1. The molecule has 0 radical (unpaired) electrons. The minimum absolute atomic E-state index is 0.496. The number of hydrogen-bond acceptors (Lipinski definition) is 3. The molecule has 0 saturated heterocycles. The largest absolute Gasteiger partial charge is 0.443 e. The molecule has 0 atom stereocenters. The Kier molecular flexibility index (Phi) is 3.38. The first-order valence-corrected chi connectivity index (χ1v) is 5.89. The number of nitrogens with zero attached hydrogens (tertiary/aromatic N) is 2. The average molecular weight is 262 g/mol. The van der Waals surface area contributed by atoms with Gasteiger partial charge >= 0.3 is 6.09 Å². The summed E-state index contributed by atoms with van der Waals surface area (Å²) in [6.07, 6.45) is 2.45. The number of hydrogen-bond donors (Lipinski definition) is 0. The van der Waals surface area contributed by atoms with Gasteiger partial charge in [-0.05, 0) is 39.0 Å². The number of pyridine rings is 1. The number of ether oxygens (including phenoxy) is 1. The van der Waals surface area contributed by atoms with E-state index in [1.807, 2.05) is 0 Å². The summed E-state index contributed by atoms with van der Waals surface area (Å²) >= 11 is 0. The van der Waals surface area contributed by atoms with Gasteiger partial charge in [0.1, 0.15) is 5.60 Å². The van der Waals surface area contributed by atoms with E-state index in [0.29, 0.717) is 11.3 Å². The highest BCUT2D eigenvalue weighted by molar-refractivity contribution is 5.78. The fourth-order valence-corrected chi connectivity index (χ4v) is 1.65. The molecular formula is C14H15FN2O2. The summed E-state index contributed by atoms with van der Waals surface area (Å²) in [6, 6.07) is 6.34. The molecule has 0 aliphatic heterocycles. The molecule has 0 fully saturated rings. The van der Waals surface area contributed by atoms with Crippen molar-refractivity contribution < 1.29 is 13.9 Å². The molecule has 2 heterocycles. The van der Waals surface area contributed by atoms with E-state index in [2.05, 4.69) is 4.98 Å². The van der Waals surface area contributed by atoms with E-state index in [0.717, 1.165) is 0 Å². The lowest BCUT2D eigenvalue weighted by Crippen LogP contribution is -2.27. The van der Waals surface area contributed by atoms with Crippen LogP contribution in [0, 0.1) is 5.95 Å². The molecule has 0 bridgehead atoms. The van der Waals surface area contributed by atoms with E-state index >= 15 is 0 Å². The zero-order valence-corrected chi connectivity index (χ0v) is 11.1. The maximum atomic E-state index is 13.1. The molecule has 2 aromatic heterocycles. The first-order valence-electron chi connectivity index (χ1n) is 5.89. The van der Waals surface area contributed by atoms with Crippen LogP contribution in [0.3, 0.4) is 0 Å². The lowest BCUT2D eigenvalue weighted by atomic mass is 10.2. The van der Waals surface area contributed by atoms with Gasteiger partial charge in [-0.15, -0.1) is 0 Å². The van der Waals surface area contributed by atoms with Gasteiger partial charge in [0.15, 0.2) is 0 Å². The Morgan fingerprint density at radius 2 is 2.11 bits per heavy atom. The second-order valence-electron chi connectivity index (χ2n) is 5.11. The Balaban J connectivity index is 2.35. The molecule has 0 amide bonds. The number of carbonyl (C=O) groups excluding carboxylic acids is 1. The monoisotopic (exact) mass is 262 g/mol. The molecule has 0 spiro atoms. The minimum Gasteiger partial charge on any atom is -0.443 e. The molecule has 0 unspecified atom stereocenters. The highest BCUT2D eigenvalue weighted by Gasteiger charge is 2.19. The first kappa shape index (κ1) is 13.3. The van der Waals surface area contributed by atoms with Gasteiger partial charge in [-0.1, -0.05) is 0 Å². The second-order valence-corrected chi connectivity index (χ2v) is 5.11. The molecule has 19 heavy (non-hydrogen) atoms. The van der Waals surface area contributed by atoms with Crippen LogP contribution in [0.1, 0.15) is 20.8 Å². The van der Waals surface area contributed by atoms with Crippen LogP contribution in [-0.4, -0.2) is 21.2 Å². The molecule has 100 valence electrons. The number of carbonyl (C=O) groups is 1. The maximum Gasteiger partial charge on any atom is 0.418 e. The van der Waals surface area contributed by atoms with Crippen molar-refractivity contribution >= 4 is 6.09 Å². The SMILES string of the molecule is CC(C)(C)OC(=O)n1cccc1-c1ccnc(F)c1. The molecule has 4 nitrogen and oxygen atoms in total. The Bertz CT molecular complexity index is 599. The first-order chi connectivity index (χ1) is 8.87. The minimum atomic E-state index is -0.588. The quantitative estimate of drug-likeness (QED) is 0.739. The normalized spacial score (nSPS) is 11.4. The van der Waals surface area contributed by atoms with Crippen LogP contribution in [0.25, 0.3) is 11.3 Å². The van der Waals surface area contributed by atoms with E-state index in [4.69, 9.17) is 4.74 Å². The van der Waals surface area contributed by atoms with Gasteiger partial charge in [-0.2, -0.15) is 4.39 Å². The van der Waals surface area contributed by atoms with Gasteiger partial charge in [0, 0.05) is 24.0 Å². The lowest BCUT2D eigenvalue weighted by molar-refractivity contribution is 0.0540. The molecule has 2 rings (SSSR count). The summed E-state index contributed by atoms with van der Waals surface area (Å²) in [6.45, 7) is 5.38. The van der Waals surface area contributed by atoms with Crippen molar-refractivity contribution in [3.05, 3.63) is 42.6 Å². The third-order valence-corrected chi connectivity index (χ3v) is 2.36. The molecule has 2 aromatic rings. The van der Waals surface area contributed by atoms with E-state index in [1.165, 1.54) is 16.8 Å². The summed E-state index contributed by atoms with van der Waals surface area (Å²) in [7, 11) is 0. The zero-order chi connectivity index (χ0) is 14.0. The van der Waals surface area contributed by atoms with Crippen LogP contribution in [0.4, 0.5) is 9.18 Å². The van der Waals surface area contributed by atoms with Crippen LogP contribution >= 0.6 is 0 Å². The zero-order valence-electron chi connectivity index (χ0n) is 11.1. The summed E-state index contributed by atoms with van der Waals surface area (Å²) in [5.41, 5.74) is 0.557. The van der Waals surface area contributed by atoms with Crippen LogP contribution in [-0.2, 0) is 4.74 Å². The summed E-state index contributed by atoms with van der Waals surface area (Å²) in [5, 5.41) is 0. The summed E-state index contributed by atoms with van der Waals surface area (Å²) in [4.78, 5) is 15.5. The third-order valence-electron chi connectivity index (χ3n) is 2.36. The van der Waals surface area contributed by atoms with Gasteiger partial charge in [0.05, 0.1) is 5.69 Å². The van der Waals surface area contributed by atoms with Gasteiger partial charge in [-0.25, -0.2) is 9.78 Å². The Morgan fingerprint density at radius 3 is 2.74 bits per heavy atom. The smallest absolute Gasteiger partial charge is 0.418 e. The van der Waals surface area contributed by atoms with E-state index in [9.17, 15) is 9.18 Å². The highest BCUT2D eigenvalue weighted by Crippen LogP contribution is 2.21. The number of rotatable bonds is 1. The van der Waals surface area contributed by atoms with Crippen LogP contribution in [0.5, 0.6) is 0 Å². The predicted octanol–water partition coefficient (Wildman–Crippen LogP) is 3.47. The van der Waals surface area contributed by atoms with Gasteiger partial charge < -0.3 is 4.74 Å². The molecule has 0 aliphatic carbocycles. The molecule has 0 N–H and O–H groups in total. The summed E-state index contributed by atoms with van der Waals surface area (Å²) < 4.78 is 19.8. The fraction of sp³-hybridized carbons (Fsp3) is 0.286. The molecule has 0 saturated carbocycles. The van der Waals surface area contributed by atoms with Crippen LogP contribution in [0.2, 0.25) is 0 Å². The van der Waals surface area contributed by atoms with Crippen LogP contribution < -0.4 is 0 Å². The van der Waals surface area contributed by atoms with E-state index < -0.39 is 17.6 Å². The van der Waals surface area contributed by atoms with Crippen molar-refractivity contribution in [3.63, 3.8) is 0 Å². The van der Waals surface area contributed by atoms with Gasteiger partial charge in [0.25, 0.3) is 0 Å². The standard InChI is InChI=1S/C14H15FN2O2/c1-14(2,3)19-13(18)17-8-4-5-11(17)10-6-7-16-12(15)9-10/h4-9H,1-3H3. The Morgan fingerprint density at radius 1 is 1.37 bits per heavy atom. The van der Waals surface area contributed by atoms with Crippen LogP contribution in [0.15, 0.2) is 36.7 Å². The third kappa shape index (κ3) is 3.19. The second kappa shape index (κ2) is 4.84. The van der Waals surface area contributed by atoms with Crippen molar-refractivity contribution in [1.29, 1.82) is 0 Å². The van der Waals surface area contributed by atoms with Crippen molar-refractivity contribution in [2.24, 2.45) is 0 Å². The average Bonchev–Trinajstić information content (AvgIpc) is 2.75. The van der Waals surface area contributed by atoms with Crippen molar-refractivity contribution in [3.8, 4) is 11.3 Å². The van der Waals surface area contributed by atoms with E-state index in [1.54, 1.807) is 45.2 Å². The predicted molar refractivity (Wildman–Crippen MR) is 69.3 cm³/mol. The highest BCUT2D eigenvalue weighted by atomic mass is 19.1. The Labute approximate surface area is 110 Å². The van der Waals surface area contributed by atoms with Gasteiger partial charge in [0.2, 0.25) is 5.95 Å². The molecular weight excluding hydrogens is 247 g/mol. The fourth-order valence-electron chi connectivity index (χ4n) is 1.65. The van der Waals surface area contributed by atoms with Crippen molar-refractivity contribution in [2.75, 3.05) is 0 Å². The van der Waals surface area contributed by atoms with Crippen molar-refractivity contribution in [1.82, 2.24) is 9.55 Å². The lowest BCUT2D eigenvalue weighted by Gasteiger charge is -2.20. The number of halogens is 1. The topological polar surface area (TPSA) is 44.1 Å². The molecule has 5 heteroatoms. The van der Waals surface area contributed by atoms with Gasteiger partial charge in [-0.3, -0.25) is 4.57 Å². The molecule has 0 aliphatic rings. The molecule has 0 aromatic carbocycles.